The van der Waals surface area contributed by atoms with Crippen LogP contribution in [0, 0.1) is 0 Å². The average Bonchev–Trinajstić information content (AvgIpc) is 2.92. The van der Waals surface area contributed by atoms with Crippen LogP contribution in [0.15, 0.2) is 42.5 Å². The van der Waals surface area contributed by atoms with Gasteiger partial charge < -0.3 is 15.1 Å². The number of carbonyl (C=O) groups is 3. The summed E-state index contributed by atoms with van der Waals surface area (Å²) in [6.45, 7) is 4.53. The van der Waals surface area contributed by atoms with Crippen molar-refractivity contribution in [2.45, 2.75) is 12.5 Å². The molecular weight excluding hydrogens is 356 g/mol. The largest absolute Gasteiger partial charge is 0.334 e. The van der Waals surface area contributed by atoms with E-state index in [-0.39, 0.29) is 18.4 Å². The van der Waals surface area contributed by atoms with Crippen molar-refractivity contribution in [3.63, 3.8) is 0 Å². The number of hydrogen-bond donors (Lipinski definition) is 2. The normalized spacial score (nSPS) is 23.4. The third-order valence-corrected chi connectivity index (χ3v) is 5.86. The number of hydrogen-bond acceptors (Lipinski definition) is 3. The number of quaternary nitrogens is 1. The zero-order chi connectivity index (χ0) is 19.9. The number of rotatable bonds is 3. The molecule has 2 aromatic carbocycles. The predicted molar refractivity (Wildman–Crippen MR) is 105 cm³/mol. The fraction of sp³-hybridized carbons (Fsp3) is 0.381. The Bertz CT molecular complexity index is 952. The first-order valence-corrected chi connectivity index (χ1v) is 9.61. The van der Waals surface area contributed by atoms with E-state index in [1.807, 2.05) is 42.5 Å². The van der Waals surface area contributed by atoms with Crippen LogP contribution in [0.1, 0.15) is 12.5 Å². The number of nitrogens with one attached hydrogen (secondary N) is 2. The number of benzene rings is 2. The Balaban J connectivity index is 1.54. The molecule has 2 aliphatic heterocycles. The Hall–Kier alpha value is -2.93. The summed E-state index contributed by atoms with van der Waals surface area (Å²) in [4.78, 5) is 42.4. The van der Waals surface area contributed by atoms with Crippen LogP contribution in [0.25, 0.3) is 10.8 Å². The first-order chi connectivity index (χ1) is 13.4. The molecule has 2 fully saturated rings. The Labute approximate surface area is 163 Å². The molecule has 0 spiro atoms. The molecule has 2 aromatic rings. The highest BCUT2D eigenvalue weighted by atomic mass is 16.2. The van der Waals surface area contributed by atoms with E-state index in [0.29, 0.717) is 18.7 Å². The lowest BCUT2D eigenvalue weighted by atomic mass is 9.90. The summed E-state index contributed by atoms with van der Waals surface area (Å²) in [6.07, 6.45) is 0. The van der Waals surface area contributed by atoms with Gasteiger partial charge in [0.05, 0.1) is 33.2 Å². The first-order valence-electron chi connectivity index (χ1n) is 9.61. The van der Waals surface area contributed by atoms with E-state index in [9.17, 15) is 14.4 Å². The standard InChI is InChI=1S/C21H24N4O3/c1-21(17-8-7-15-5-3-4-6-16(15)13-17)19(27)25(20(28)22-21)14-18(26)24-11-9-23(2)10-12-24/h3-8,13H,9-12,14H2,1-2H3,(H,22,28)/p+1/t21-/m1/s1. The molecule has 2 heterocycles. The molecule has 1 atom stereocenters. The summed E-state index contributed by atoms with van der Waals surface area (Å²) in [7, 11) is 2.09. The van der Waals surface area contributed by atoms with Crippen LogP contribution in [0.2, 0.25) is 0 Å². The number of likely N-dealkylation sites (N-methyl/N-ethyl adjacent to an activating group) is 1. The van der Waals surface area contributed by atoms with Crippen LogP contribution in [0.4, 0.5) is 4.79 Å². The number of nitrogens with zero attached hydrogens (tertiary/aromatic N) is 2. The van der Waals surface area contributed by atoms with Gasteiger partial charge in [-0.3, -0.25) is 14.5 Å². The van der Waals surface area contributed by atoms with Gasteiger partial charge in [0.15, 0.2) is 0 Å². The van der Waals surface area contributed by atoms with Gasteiger partial charge in [0, 0.05) is 0 Å². The summed E-state index contributed by atoms with van der Waals surface area (Å²) in [6, 6.07) is 13.1. The van der Waals surface area contributed by atoms with E-state index in [0.717, 1.165) is 28.8 Å². The fourth-order valence-electron chi connectivity index (χ4n) is 3.91. The molecule has 4 amide bonds. The number of carbonyl (C=O) groups excluding carboxylic acids is 3. The SMILES string of the molecule is C[NH+]1CCN(C(=O)CN2C(=O)N[C@](C)(c3ccc4ccccc4c3)C2=O)CC1. The van der Waals surface area contributed by atoms with Crippen LogP contribution in [0.5, 0.6) is 0 Å². The maximum Gasteiger partial charge on any atom is 0.325 e. The third kappa shape index (κ3) is 3.11. The minimum absolute atomic E-state index is 0.182. The topological polar surface area (TPSA) is 74.2 Å². The number of imide groups is 1. The zero-order valence-corrected chi connectivity index (χ0v) is 16.2. The number of piperazine rings is 1. The molecule has 2 aliphatic rings. The molecule has 0 saturated carbocycles. The number of urea groups is 1. The Morgan fingerprint density at radius 2 is 1.79 bits per heavy atom. The van der Waals surface area contributed by atoms with Crippen molar-refractivity contribution in [3.05, 3.63) is 48.0 Å². The van der Waals surface area contributed by atoms with Gasteiger partial charge in [0.1, 0.15) is 12.1 Å². The monoisotopic (exact) mass is 381 g/mol. The first kappa shape index (κ1) is 18.4. The smallest absolute Gasteiger partial charge is 0.325 e. The summed E-state index contributed by atoms with van der Waals surface area (Å²) >= 11 is 0. The molecule has 0 aromatic heterocycles. The predicted octanol–water partition coefficient (Wildman–Crippen LogP) is -0.0363. The van der Waals surface area contributed by atoms with Gasteiger partial charge in [-0.05, 0) is 29.3 Å². The molecule has 0 aliphatic carbocycles. The molecule has 7 nitrogen and oxygen atoms in total. The fourth-order valence-corrected chi connectivity index (χ4v) is 3.91. The minimum Gasteiger partial charge on any atom is -0.334 e. The van der Waals surface area contributed by atoms with Crippen molar-refractivity contribution in [1.82, 2.24) is 15.1 Å². The molecule has 0 radical (unpaired) electrons. The highest BCUT2D eigenvalue weighted by Gasteiger charge is 2.49. The molecule has 28 heavy (non-hydrogen) atoms. The van der Waals surface area contributed by atoms with Gasteiger partial charge >= 0.3 is 6.03 Å². The highest BCUT2D eigenvalue weighted by molar-refractivity contribution is 6.09. The van der Waals surface area contributed by atoms with Crippen molar-refractivity contribution in [2.24, 2.45) is 0 Å². The van der Waals surface area contributed by atoms with Crippen LogP contribution in [-0.2, 0) is 15.1 Å². The maximum atomic E-state index is 13.1. The van der Waals surface area contributed by atoms with Crippen molar-refractivity contribution < 1.29 is 19.3 Å². The van der Waals surface area contributed by atoms with Gasteiger partial charge in [0.25, 0.3) is 5.91 Å². The molecular formula is C21H25N4O3+. The lowest BCUT2D eigenvalue weighted by Gasteiger charge is -2.31. The summed E-state index contributed by atoms with van der Waals surface area (Å²) < 4.78 is 0. The third-order valence-electron chi connectivity index (χ3n) is 5.86. The average molecular weight is 381 g/mol. The molecule has 0 unspecified atom stereocenters. The van der Waals surface area contributed by atoms with Crippen LogP contribution < -0.4 is 10.2 Å². The van der Waals surface area contributed by atoms with Crippen LogP contribution in [-0.4, -0.2) is 67.4 Å². The summed E-state index contributed by atoms with van der Waals surface area (Å²) in [5.41, 5.74) is -0.462. The van der Waals surface area contributed by atoms with E-state index >= 15 is 0 Å². The second-order valence-corrected chi connectivity index (χ2v) is 7.85. The molecule has 4 rings (SSSR count). The van der Waals surface area contributed by atoms with Crippen LogP contribution in [0.3, 0.4) is 0 Å². The quantitative estimate of drug-likeness (QED) is 0.733. The summed E-state index contributed by atoms with van der Waals surface area (Å²) in [5.74, 6) is -0.570. The lowest BCUT2D eigenvalue weighted by molar-refractivity contribution is -0.883. The lowest BCUT2D eigenvalue weighted by Crippen LogP contribution is -3.12. The molecule has 2 saturated heterocycles. The van der Waals surface area contributed by atoms with Crippen molar-refractivity contribution in [3.8, 4) is 0 Å². The minimum atomic E-state index is -1.17. The van der Waals surface area contributed by atoms with E-state index in [4.69, 9.17) is 0 Å². The van der Waals surface area contributed by atoms with Crippen molar-refractivity contribution in [2.75, 3.05) is 39.8 Å². The Kier molecular flexibility index (Phi) is 4.55. The Morgan fingerprint density at radius 1 is 1.11 bits per heavy atom. The Morgan fingerprint density at radius 3 is 2.50 bits per heavy atom. The number of amides is 4. The van der Waals surface area contributed by atoms with E-state index in [2.05, 4.69) is 12.4 Å². The van der Waals surface area contributed by atoms with Gasteiger partial charge in [-0.25, -0.2) is 4.79 Å². The molecule has 2 N–H and O–H groups in total. The molecule has 146 valence electrons. The van der Waals surface area contributed by atoms with Gasteiger partial charge in [-0.2, -0.15) is 0 Å². The maximum absolute atomic E-state index is 13.1. The van der Waals surface area contributed by atoms with Gasteiger partial charge in [-0.1, -0.05) is 36.4 Å². The van der Waals surface area contributed by atoms with E-state index in [1.165, 1.54) is 4.90 Å². The zero-order valence-electron chi connectivity index (χ0n) is 16.2. The van der Waals surface area contributed by atoms with Crippen molar-refractivity contribution in [1.29, 1.82) is 0 Å². The van der Waals surface area contributed by atoms with E-state index in [1.54, 1.807) is 11.8 Å². The second-order valence-electron chi connectivity index (χ2n) is 7.85. The van der Waals surface area contributed by atoms with Gasteiger partial charge in [0.2, 0.25) is 5.91 Å². The molecule has 0 bridgehead atoms. The number of fused-ring (bicyclic) bond motifs is 1. The second kappa shape index (κ2) is 6.91. The highest BCUT2D eigenvalue weighted by Crippen LogP contribution is 2.31. The van der Waals surface area contributed by atoms with Gasteiger partial charge in [-0.15, -0.1) is 0 Å². The van der Waals surface area contributed by atoms with Crippen LogP contribution >= 0.6 is 0 Å². The van der Waals surface area contributed by atoms with Crippen molar-refractivity contribution >= 4 is 28.6 Å². The van der Waals surface area contributed by atoms with E-state index < -0.39 is 11.6 Å². The summed E-state index contributed by atoms with van der Waals surface area (Å²) in [5, 5.41) is 4.85. The molecule has 7 heteroatoms.